The highest BCUT2D eigenvalue weighted by Gasteiger charge is 2.08. The van der Waals surface area contributed by atoms with Crippen LogP contribution in [0.25, 0.3) is 0 Å². The second kappa shape index (κ2) is 9.18. The highest BCUT2D eigenvalue weighted by atomic mass is 35.5. The summed E-state index contributed by atoms with van der Waals surface area (Å²) in [4.78, 5) is 4.61. The number of halogens is 1. The van der Waals surface area contributed by atoms with E-state index in [2.05, 4.69) is 22.5 Å². The number of aromatic hydroxyl groups is 1. The van der Waals surface area contributed by atoms with E-state index in [9.17, 15) is 5.11 Å². The predicted molar refractivity (Wildman–Crippen MR) is 101 cm³/mol. The molecule has 128 valence electrons. The highest BCUT2D eigenvalue weighted by molar-refractivity contribution is 6.30. The van der Waals surface area contributed by atoms with Crippen molar-refractivity contribution < 1.29 is 5.11 Å². The van der Waals surface area contributed by atoms with Crippen LogP contribution >= 0.6 is 11.6 Å². The first kappa shape index (κ1) is 18.1. The Morgan fingerprint density at radius 3 is 2.71 bits per heavy atom. The van der Waals surface area contributed by atoms with Crippen molar-refractivity contribution >= 4 is 17.6 Å². The summed E-state index contributed by atoms with van der Waals surface area (Å²) in [6.45, 7) is 5.55. The third kappa shape index (κ3) is 5.78. The molecule has 0 amide bonds. The molecule has 1 unspecified atom stereocenters. The average molecular weight is 346 g/mol. The molecule has 3 N–H and O–H groups in total. The molecular formula is C19H24ClN3O. The van der Waals surface area contributed by atoms with E-state index in [1.165, 1.54) is 0 Å². The number of nitrogens with zero attached hydrogens (tertiary/aromatic N) is 1. The lowest BCUT2D eigenvalue weighted by Gasteiger charge is -2.18. The van der Waals surface area contributed by atoms with Gasteiger partial charge in [-0.15, -0.1) is 0 Å². The van der Waals surface area contributed by atoms with Gasteiger partial charge in [0.15, 0.2) is 5.96 Å². The lowest BCUT2D eigenvalue weighted by Crippen LogP contribution is -2.38. The van der Waals surface area contributed by atoms with Gasteiger partial charge in [-0.05, 0) is 55.7 Å². The fourth-order valence-electron chi connectivity index (χ4n) is 2.39. The zero-order valence-corrected chi connectivity index (χ0v) is 14.8. The molecule has 0 bridgehead atoms. The van der Waals surface area contributed by atoms with Crippen LogP contribution in [0.2, 0.25) is 5.02 Å². The van der Waals surface area contributed by atoms with Gasteiger partial charge in [-0.3, -0.25) is 4.99 Å². The van der Waals surface area contributed by atoms with Crippen LogP contribution < -0.4 is 10.6 Å². The van der Waals surface area contributed by atoms with Crippen molar-refractivity contribution in [1.29, 1.82) is 0 Å². The molecule has 0 heterocycles. The molecule has 0 aliphatic carbocycles. The monoisotopic (exact) mass is 345 g/mol. The SMILES string of the molecule is CCNC(=NCCc1cccc(O)c1)NC(C)c1cccc(Cl)c1. The molecule has 0 saturated carbocycles. The molecule has 4 nitrogen and oxygen atoms in total. The Bertz CT molecular complexity index is 688. The quantitative estimate of drug-likeness (QED) is 0.549. The molecular weight excluding hydrogens is 322 g/mol. The largest absolute Gasteiger partial charge is 0.508 e. The summed E-state index contributed by atoms with van der Waals surface area (Å²) in [5.74, 6) is 1.06. The van der Waals surface area contributed by atoms with Gasteiger partial charge < -0.3 is 15.7 Å². The number of rotatable bonds is 6. The zero-order valence-electron chi connectivity index (χ0n) is 14.1. The van der Waals surface area contributed by atoms with E-state index in [-0.39, 0.29) is 11.8 Å². The van der Waals surface area contributed by atoms with Crippen molar-refractivity contribution in [2.45, 2.75) is 26.3 Å². The number of benzene rings is 2. The summed E-state index contributed by atoms with van der Waals surface area (Å²) in [7, 11) is 0. The normalized spacial score (nSPS) is 12.7. The Balaban J connectivity index is 1.97. The number of phenols is 1. The Hall–Kier alpha value is -2.20. The van der Waals surface area contributed by atoms with Gasteiger partial charge in [0.1, 0.15) is 5.75 Å². The Labute approximate surface area is 148 Å². The molecule has 0 aromatic heterocycles. The maximum Gasteiger partial charge on any atom is 0.191 e. The van der Waals surface area contributed by atoms with Crippen LogP contribution in [0.5, 0.6) is 5.75 Å². The Kier molecular flexibility index (Phi) is 6.94. The molecule has 0 fully saturated rings. The van der Waals surface area contributed by atoms with Crippen LogP contribution in [0, 0.1) is 0 Å². The summed E-state index contributed by atoms with van der Waals surface area (Å²) in [6, 6.07) is 15.2. The van der Waals surface area contributed by atoms with Crippen molar-refractivity contribution in [2.75, 3.05) is 13.1 Å². The van der Waals surface area contributed by atoms with Crippen LogP contribution in [-0.2, 0) is 6.42 Å². The van der Waals surface area contributed by atoms with E-state index in [0.717, 1.165) is 35.1 Å². The maximum atomic E-state index is 9.50. The first-order chi connectivity index (χ1) is 11.6. The molecule has 0 aliphatic rings. The van der Waals surface area contributed by atoms with E-state index in [4.69, 9.17) is 11.6 Å². The van der Waals surface area contributed by atoms with Gasteiger partial charge in [-0.2, -0.15) is 0 Å². The zero-order chi connectivity index (χ0) is 17.4. The number of hydrogen-bond donors (Lipinski definition) is 3. The van der Waals surface area contributed by atoms with E-state index in [0.29, 0.717) is 6.54 Å². The first-order valence-corrected chi connectivity index (χ1v) is 8.54. The summed E-state index contributed by atoms with van der Waals surface area (Å²) in [5.41, 5.74) is 2.18. The topological polar surface area (TPSA) is 56.7 Å². The molecule has 2 aromatic rings. The lowest BCUT2D eigenvalue weighted by atomic mass is 10.1. The number of aliphatic imine (C=N–C) groups is 1. The third-order valence-electron chi connectivity index (χ3n) is 3.63. The molecule has 5 heteroatoms. The van der Waals surface area contributed by atoms with Gasteiger partial charge in [0, 0.05) is 18.1 Å². The van der Waals surface area contributed by atoms with Gasteiger partial charge in [-0.1, -0.05) is 35.9 Å². The van der Waals surface area contributed by atoms with Crippen LogP contribution in [0.4, 0.5) is 0 Å². The van der Waals surface area contributed by atoms with E-state index in [1.54, 1.807) is 12.1 Å². The molecule has 0 saturated heterocycles. The first-order valence-electron chi connectivity index (χ1n) is 8.16. The van der Waals surface area contributed by atoms with E-state index >= 15 is 0 Å². The molecule has 0 aliphatic heterocycles. The minimum absolute atomic E-state index is 0.0993. The fourth-order valence-corrected chi connectivity index (χ4v) is 2.59. The minimum atomic E-state index is 0.0993. The summed E-state index contributed by atoms with van der Waals surface area (Å²) < 4.78 is 0. The third-order valence-corrected chi connectivity index (χ3v) is 3.86. The summed E-state index contributed by atoms with van der Waals surface area (Å²) >= 11 is 6.06. The molecule has 1 atom stereocenters. The molecule has 0 radical (unpaired) electrons. The van der Waals surface area contributed by atoms with Gasteiger partial charge in [0.2, 0.25) is 0 Å². The lowest BCUT2D eigenvalue weighted by molar-refractivity contribution is 0.474. The standard InChI is InChI=1S/C19H24ClN3O/c1-3-21-19(22-11-10-15-6-4-9-18(24)12-15)23-14(2)16-7-5-8-17(20)13-16/h4-9,12-14,24H,3,10-11H2,1-2H3,(H2,21,22,23). The van der Waals surface area contributed by atoms with Crippen molar-refractivity contribution in [3.63, 3.8) is 0 Å². The molecule has 2 rings (SSSR count). The molecule has 24 heavy (non-hydrogen) atoms. The second-order valence-corrected chi connectivity index (χ2v) is 6.04. The fraction of sp³-hybridized carbons (Fsp3) is 0.316. The van der Waals surface area contributed by atoms with Crippen LogP contribution in [0.3, 0.4) is 0 Å². The molecule has 2 aromatic carbocycles. The van der Waals surface area contributed by atoms with Crippen molar-refractivity contribution in [2.24, 2.45) is 4.99 Å². The Morgan fingerprint density at radius 1 is 1.21 bits per heavy atom. The van der Waals surface area contributed by atoms with Crippen molar-refractivity contribution in [3.8, 4) is 5.75 Å². The molecule has 0 spiro atoms. The number of phenolic OH excluding ortho intramolecular Hbond substituents is 1. The minimum Gasteiger partial charge on any atom is -0.508 e. The number of hydrogen-bond acceptors (Lipinski definition) is 2. The second-order valence-electron chi connectivity index (χ2n) is 5.60. The van der Waals surface area contributed by atoms with E-state index < -0.39 is 0 Å². The predicted octanol–water partition coefficient (Wildman–Crippen LogP) is 3.90. The Morgan fingerprint density at radius 2 is 2.00 bits per heavy atom. The summed E-state index contributed by atoms with van der Waals surface area (Å²) in [6.07, 6.45) is 0.774. The number of nitrogens with one attached hydrogen (secondary N) is 2. The highest BCUT2D eigenvalue weighted by Crippen LogP contribution is 2.17. The van der Waals surface area contributed by atoms with Crippen LogP contribution in [-0.4, -0.2) is 24.2 Å². The van der Waals surface area contributed by atoms with Gasteiger partial charge in [0.05, 0.1) is 6.04 Å². The van der Waals surface area contributed by atoms with Gasteiger partial charge >= 0.3 is 0 Å². The maximum absolute atomic E-state index is 9.50. The van der Waals surface area contributed by atoms with Crippen molar-refractivity contribution in [3.05, 3.63) is 64.7 Å². The van der Waals surface area contributed by atoms with Gasteiger partial charge in [0.25, 0.3) is 0 Å². The smallest absolute Gasteiger partial charge is 0.191 e. The van der Waals surface area contributed by atoms with E-state index in [1.807, 2.05) is 43.3 Å². The average Bonchev–Trinajstić information content (AvgIpc) is 2.55. The number of guanidine groups is 1. The van der Waals surface area contributed by atoms with Crippen LogP contribution in [0.15, 0.2) is 53.5 Å². The summed E-state index contributed by atoms with van der Waals surface area (Å²) in [5, 5.41) is 16.9. The van der Waals surface area contributed by atoms with Crippen LogP contribution in [0.1, 0.15) is 31.0 Å². The van der Waals surface area contributed by atoms with Gasteiger partial charge in [-0.25, -0.2) is 0 Å². The van der Waals surface area contributed by atoms with Crippen molar-refractivity contribution in [1.82, 2.24) is 10.6 Å².